The van der Waals surface area contributed by atoms with Crippen LogP contribution in [0.2, 0.25) is 0 Å². The molecule has 2 heterocycles. The minimum atomic E-state index is -0.514. The Morgan fingerprint density at radius 2 is 1.66 bits per heavy atom. The fourth-order valence-corrected chi connectivity index (χ4v) is 7.78. The number of carbonyl (C=O) groups is 3. The molecule has 0 aromatic carbocycles. The summed E-state index contributed by atoms with van der Waals surface area (Å²) in [6.07, 6.45) is 11.3. The summed E-state index contributed by atoms with van der Waals surface area (Å²) in [4.78, 5) is 40.2. The molecule has 3 amide bonds. The highest BCUT2D eigenvalue weighted by atomic mass is 16.6. The number of nitrogens with zero attached hydrogens (tertiary/aromatic N) is 1. The lowest BCUT2D eigenvalue weighted by Gasteiger charge is -2.39. The molecular weight excluding hydrogens is 480 g/mol. The first-order chi connectivity index (χ1) is 18.2. The van der Waals surface area contributed by atoms with Crippen molar-refractivity contribution in [3.63, 3.8) is 0 Å². The molecule has 0 aromatic heterocycles. The summed E-state index contributed by atoms with van der Waals surface area (Å²) in [5.74, 6) is 3.32. The molecule has 2 aliphatic heterocycles. The topological polar surface area (TPSA) is 99.8 Å². The van der Waals surface area contributed by atoms with Crippen molar-refractivity contribution in [3.05, 3.63) is 0 Å². The maximum Gasteiger partial charge on any atom is 0.410 e. The molecule has 6 atom stereocenters. The van der Waals surface area contributed by atoms with Gasteiger partial charge in [0.15, 0.2) is 0 Å². The maximum atomic E-state index is 13.0. The Bertz CT molecular complexity index is 865. The average Bonchev–Trinajstić information content (AvgIpc) is 3.55. The molecule has 0 bridgehead atoms. The highest BCUT2D eigenvalue weighted by Crippen LogP contribution is 2.50. The second-order valence-electron chi connectivity index (χ2n) is 13.9. The monoisotopic (exact) mass is 530 g/mol. The number of hydrogen-bond acceptors (Lipinski definition) is 5. The van der Waals surface area contributed by atoms with Crippen molar-refractivity contribution in [1.29, 1.82) is 0 Å². The second-order valence-corrected chi connectivity index (χ2v) is 13.9. The van der Waals surface area contributed by atoms with Gasteiger partial charge >= 0.3 is 6.09 Å². The van der Waals surface area contributed by atoms with Crippen LogP contribution in [0.1, 0.15) is 91.4 Å². The number of fused-ring (bicyclic) bond motifs is 1. The first-order valence-corrected chi connectivity index (χ1v) is 15.5. The number of amides is 3. The molecule has 3 saturated carbocycles. The molecule has 38 heavy (non-hydrogen) atoms. The molecule has 2 saturated heterocycles. The number of hydrogen-bond donors (Lipinski definition) is 3. The van der Waals surface area contributed by atoms with Crippen molar-refractivity contribution in [2.75, 3.05) is 26.2 Å². The first-order valence-electron chi connectivity index (χ1n) is 15.5. The van der Waals surface area contributed by atoms with Crippen molar-refractivity contribution in [3.8, 4) is 0 Å². The van der Waals surface area contributed by atoms with Gasteiger partial charge in [0, 0.05) is 31.0 Å². The maximum absolute atomic E-state index is 13.0. The normalized spacial score (nSPS) is 37.2. The summed E-state index contributed by atoms with van der Waals surface area (Å²) >= 11 is 0. The lowest BCUT2D eigenvalue weighted by molar-refractivity contribution is -0.127. The van der Waals surface area contributed by atoms with E-state index in [-0.39, 0.29) is 29.9 Å². The number of ether oxygens (including phenoxy) is 1. The summed E-state index contributed by atoms with van der Waals surface area (Å²) in [6, 6.07) is 0.384. The molecule has 3 N–H and O–H groups in total. The number of rotatable bonds is 6. The smallest absolute Gasteiger partial charge is 0.410 e. The van der Waals surface area contributed by atoms with E-state index in [2.05, 4.69) is 16.0 Å². The quantitative estimate of drug-likeness (QED) is 0.485. The van der Waals surface area contributed by atoms with Crippen LogP contribution in [0.25, 0.3) is 0 Å². The Hall–Kier alpha value is -1.83. The summed E-state index contributed by atoms with van der Waals surface area (Å²) in [7, 11) is 0. The largest absolute Gasteiger partial charge is 0.444 e. The molecule has 3 aliphatic carbocycles. The number of likely N-dealkylation sites (tertiary alicyclic amines) is 1. The molecule has 5 rings (SSSR count). The van der Waals surface area contributed by atoms with E-state index < -0.39 is 5.60 Å². The summed E-state index contributed by atoms with van der Waals surface area (Å²) < 4.78 is 5.55. The standard InChI is InChI=1S/C30H50N4O4/c1-30(2,3)38-29(37)34-14-4-5-24(34)18-32-27(35)20-8-6-19(7-9-20)25-16-26(25)28(36)33-23-11-10-22-17-31-13-12-21(22)15-23/h19-26,31H,4-18H2,1-3H3,(H,32,35)(H,33,36). The van der Waals surface area contributed by atoms with E-state index in [4.69, 9.17) is 4.74 Å². The van der Waals surface area contributed by atoms with Gasteiger partial charge in [-0.3, -0.25) is 9.59 Å². The Labute approximate surface area is 228 Å². The van der Waals surface area contributed by atoms with Crippen LogP contribution in [0.3, 0.4) is 0 Å². The van der Waals surface area contributed by atoms with Gasteiger partial charge < -0.3 is 25.6 Å². The van der Waals surface area contributed by atoms with E-state index in [1.54, 1.807) is 4.90 Å². The zero-order valence-electron chi connectivity index (χ0n) is 23.8. The number of nitrogens with one attached hydrogen (secondary N) is 3. The Balaban J connectivity index is 0.998. The van der Waals surface area contributed by atoms with Crippen LogP contribution >= 0.6 is 0 Å². The van der Waals surface area contributed by atoms with Gasteiger partial charge in [0.1, 0.15) is 5.60 Å². The fraction of sp³-hybridized carbons (Fsp3) is 0.900. The van der Waals surface area contributed by atoms with Gasteiger partial charge in [0.25, 0.3) is 0 Å². The predicted octanol–water partition coefficient (Wildman–Crippen LogP) is 3.84. The Kier molecular flexibility index (Phi) is 8.56. The van der Waals surface area contributed by atoms with E-state index in [0.29, 0.717) is 36.9 Å². The van der Waals surface area contributed by atoms with E-state index in [9.17, 15) is 14.4 Å². The molecule has 6 unspecified atom stereocenters. The average molecular weight is 531 g/mol. The van der Waals surface area contributed by atoms with Crippen LogP contribution in [-0.4, -0.2) is 66.7 Å². The van der Waals surface area contributed by atoms with Crippen LogP contribution in [0.15, 0.2) is 0 Å². The van der Waals surface area contributed by atoms with Crippen molar-refractivity contribution in [2.24, 2.45) is 35.5 Å². The van der Waals surface area contributed by atoms with Crippen LogP contribution < -0.4 is 16.0 Å². The summed E-state index contributed by atoms with van der Waals surface area (Å²) in [6.45, 7) is 9.11. The van der Waals surface area contributed by atoms with Gasteiger partial charge in [-0.15, -0.1) is 0 Å². The van der Waals surface area contributed by atoms with Crippen LogP contribution in [0.5, 0.6) is 0 Å². The SMILES string of the molecule is CC(C)(C)OC(=O)N1CCCC1CNC(=O)C1CCC(C2CC2C(=O)NC2CCC3CNCCC3C2)CC1. The van der Waals surface area contributed by atoms with Gasteiger partial charge in [0.05, 0.1) is 6.04 Å². The zero-order valence-corrected chi connectivity index (χ0v) is 23.8. The molecule has 214 valence electrons. The van der Waals surface area contributed by atoms with Crippen LogP contribution in [-0.2, 0) is 14.3 Å². The van der Waals surface area contributed by atoms with E-state index >= 15 is 0 Å². The molecular formula is C30H50N4O4. The van der Waals surface area contributed by atoms with Gasteiger partial charge in [-0.1, -0.05) is 0 Å². The third-order valence-electron chi connectivity index (χ3n) is 10.0. The lowest BCUT2D eigenvalue weighted by atomic mass is 9.73. The molecule has 5 fully saturated rings. The van der Waals surface area contributed by atoms with Crippen molar-refractivity contribution < 1.29 is 19.1 Å². The van der Waals surface area contributed by atoms with E-state index in [1.165, 1.54) is 12.8 Å². The molecule has 8 heteroatoms. The van der Waals surface area contributed by atoms with Crippen molar-refractivity contribution in [1.82, 2.24) is 20.9 Å². The van der Waals surface area contributed by atoms with Gasteiger partial charge in [-0.2, -0.15) is 0 Å². The third-order valence-corrected chi connectivity index (χ3v) is 10.0. The molecule has 8 nitrogen and oxygen atoms in total. The fourth-order valence-electron chi connectivity index (χ4n) is 7.78. The highest BCUT2D eigenvalue weighted by Gasteiger charge is 2.49. The minimum absolute atomic E-state index is 0.0145. The van der Waals surface area contributed by atoms with Gasteiger partial charge in [-0.05, 0) is 128 Å². The molecule has 0 aromatic rings. The second kappa shape index (κ2) is 11.7. The van der Waals surface area contributed by atoms with Crippen LogP contribution in [0.4, 0.5) is 4.79 Å². The van der Waals surface area contributed by atoms with E-state index in [0.717, 1.165) is 82.7 Å². The zero-order chi connectivity index (χ0) is 26.9. The third kappa shape index (κ3) is 6.83. The predicted molar refractivity (Wildman–Crippen MR) is 146 cm³/mol. The lowest BCUT2D eigenvalue weighted by Crippen LogP contribution is -2.46. The highest BCUT2D eigenvalue weighted by molar-refractivity contribution is 5.82. The van der Waals surface area contributed by atoms with Gasteiger partial charge in [0.2, 0.25) is 11.8 Å². The van der Waals surface area contributed by atoms with Gasteiger partial charge in [-0.25, -0.2) is 4.79 Å². The minimum Gasteiger partial charge on any atom is -0.444 e. The first kappa shape index (κ1) is 27.7. The van der Waals surface area contributed by atoms with E-state index in [1.807, 2.05) is 20.8 Å². The van der Waals surface area contributed by atoms with Crippen molar-refractivity contribution in [2.45, 2.75) is 109 Å². The summed E-state index contributed by atoms with van der Waals surface area (Å²) in [5.41, 5.74) is -0.514. The van der Waals surface area contributed by atoms with Crippen LogP contribution in [0, 0.1) is 35.5 Å². The number of piperidine rings is 1. The summed E-state index contributed by atoms with van der Waals surface area (Å²) in [5, 5.41) is 10.1. The Morgan fingerprint density at radius 3 is 2.42 bits per heavy atom. The molecule has 5 aliphatic rings. The Morgan fingerprint density at radius 1 is 0.895 bits per heavy atom. The van der Waals surface area contributed by atoms with Crippen molar-refractivity contribution >= 4 is 17.9 Å². The molecule has 0 spiro atoms. The number of carbonyl (C=O) groups excluding carboxylic acids is 3. The molecule has 0 radical (unpaired) electrons.